The molecule has 2 aromatic carbocycles. The van der Waals surface area contributed by atoms with E-state index in [0.717, 1.165) is 5.56 Å². The average molecular weight is 426 g/mol. The van der Waals surface area contributed by atoms with Crippen LogP contribution in [0, 0.1) is 0 Å². The molecule has 0 saturated carbocycles. The number of carboxylic acids is 1. The van der Waals surface area contributed by atoms with Gasteiger partial charge in [-0.15, -0.1) is 0 Å². The van der Waals surface area contributed by atoms with E-state index in [2.05, 4.69) is 9.73 Å². The van der Waals surface area contributed by atoms with Crippen molar-refractivity contribution >= 4 is 46.5 Å². The molecule has 0 radical (unpaired) electrons. The molecule has 0 atom stereocenters. The van der Waals surface area contributed by atoms with Crippen LogP contribution in [0.25, 0.3) is 6.08 Å². The Balaban J connectivity index is 1.88. The first-order valence-electron chi connectivity index (χ1n) is 8.88. The molecule has 1 aliphatic heterocycles. The highest BCUT2D eigenvalue weighted by Gasteiger charge is 2.32. The van der Waals surface area contributed by atoms with Crippen LogP contribution in [0.3, 0.4) is 0 Å². The van der Waals surface area contributed by atoms with Gasteiger partial charge in [-0.2, -0.15) is 0 Å². The molecule has 1 amide bonds. The number of amidine groups is 1. The molecular weight excluding hydrogens is 408 g/mol. The van der Waals surface area contributed by atoms with E-state index in [9.17, 15) is 19.5 Å². The van der Waals surface area contributed by atoms with Crippen LogP contribution in [0.15, 0.2) is 52.4 Å². The summed E-state index contributed by atoms with van der Waals surface area (Å²) >= 11 is 1.17. The van der Waals surface area contributed by atoms with Crippen LogP contribution in [0.1, 0.15) is 33.2 Å². The monoisotopic (exact) mass is 426 g/mol. The number of amides is 1. The molecule has 8 nitrogen and oxygen atoms in total. The summed E-state index contributed by atoms with van der Waals surface area (Å²) in [6.07, 6.45) is 1.70. The number of ether oxygens (including phenoxy) is 1. The Labute approximate surface area is 176 Å². The summed E-state index contributed by atoms with van der Waals surface area (Å²) in [6.45, 7) is 2.20. The highest BCUT2D eigenvalue weighted by Crippen LogP contribution is 2.35. The van der Waals surface area contributed by atoms with Gasteiger partial charge in [0, 0.05) is 12.6 Å². The molecular formula is C21H18N2O6S. The van der Waals surface area contributed by atoms with E-state index in [1.54, 1.807) is 30.3 Å². The van der Waals surface area contributed by atoms with Crippen molar-refractivity contribution < 1.29 is 29.3 Å². The van der Waals surface area contributed by atoms with Gasteiger partial charge in [0.15, 0.2) is 5.17 Å². The summed E-state index contributed by atoms with van der Waals surface area (Å²) < 4.78 is 4.67. The predicted octanol–water partition coefficient (Wildman–Crippen LogP) is 3.50. The van der Waals surface area contributed by atoms with Crippen LogP contribution < -0.4 is 0 Å². The minimum absolute atomic E-state index is 0.218. The van der Waals surface area contributed by atoms with Crippen LogP contribution in [0.5, 0.6) is 5.75 Å². The van der Waals surface area contributed by atoms with E-state index >= 15 is 0 Å². The van der Waals surface area contributed by atoms with Crippen LogP contribution in [0.2, 0.25) is 0 Å². The summed E-state index contributed by atoms with van der Waals surface area (Å²) in [5, 5.41) is 19.3. The number of aliphatic imine (C=N–C) groups is 1. The van der Waals surface area contributed by atoms with Gasteiger partial charge in [-0.1, -0.05) is 12.1 Å². The zero-order valence-electron chi connectivity index (χ0n) is 16.2. The molecule has 3 rings (SSSR count). The summed E-state index contributed by atoms with van der Waals surface area (Å²) in [5.41, 5.74) is 1.25. The lowest BCUT2D eigenvalue weighted by Crippen LogP contribution is -2.28. The van der Waals surface area contributed by atoms with Gasteiger partial charge in [-0.25, -0.2) is 14.6 Å². The minimum atomic E-state index is -1.24. The second-order valence-corrected chi connectivity index (χ2v) is 7.18. The molecule has 0 spiro atoms. The van der Waals surface area contributed by atoms with Crippen molar-refractivity contribution in [3.63, 3.8) is 0 Å². The second-order valence-electron chi connectivity index (χ2n) is 6.17. The molecule has 1 saturated heterocycles. The topological polar surface area (TPSA) is 116 Å². The van der Waals surface area contributed by atoms with Crippen molar-refractivity contribution in [1.82, 2.24) is 4.90 Å². The molecule has 154 valence electrons. The lowest BCUT2D eigenvalue weighted by Gasteiger charge is -2.12. The third kappa shape index (κ3) is 4.36. The number of nitrogens with zero attached hydrogens (tertiary/aromatic N) is 2. The van der Waals surface area contributed by atoms with Crippen LogP contribution in [-0.2, 0) is 9.53 Å². The van der Waals surface area contributed by atoms with Gasteiger partial charge in [0.05, 0.1) is 23.3 Å². The molecule has 1 aliphatic rings. The quantitative estimate of drug-likeness (QED) is 0.555. The van der Waals surface area contributed by atoms with Gasteiger partial charge >= 0.3 is 11.9 Å². The average Bonchev–Trinajstić information content (AvgIpc) is 3.01. The van der Waals surface area contributed by atoms with Crippen LogP contribution >= 0.6 is 11.8 Å². The van der Waals surface area contributed by atoms with Gasteiger partial charge in [0.25, 0.3) is 5.91 Å². The Morgan fingerprint density at radius 3 is 2.47 bits per heavy atom. The van der Waals surface area contributed by atoms with Gasteiger partial charge < -0.3 is 14.9 Å². The fourth-order valence-corrected chi connectivity index (χ4v) is 3.80. The number of aromatic carboxylic acids is 1. The minimum Gasteiger partial charge on any atom is -0.507 e. The second kappa shape index (κ2) is 8.83. The molecule has 30 heavy (non-hydrogen) atoms. The zero-order chi connectivity index (χ0) is 21.8. The number of methoxy groups -OCH3 is 1. The molecule has 0 aromatic heterocycles. The number of phenols is 1. The number of thioether (sulfide) groups is 1. The molecule has 2 aromatic rings. The number of esters is 1. The largest absolute Gasteiger partial charge is 0.507 e. The van der Waals surface area contributed by atoms with E-state index < -0.39 is 17.7 Å². The van der Waals surface area contributed by atoms with E-state index in [1.807, 2.05) is 6.92 Å². The number of hydrogen-bond acceptors (Lipinski definition) is 7. The van der Waals surface area contributed by atoms with Gasteiger partial charge in [-0.3, -0.25) is 9.69 Å². The Morgan fingerprint density at radius 2 is 1.90 bits per heavy atom. The molecule has 0 aliphatic carbocycles. The molecule has 1 heterocycles. The lowest BCUT2D eigenvalue weighted by atomic mass is 10.1. The number of carboxylic acid groups (broad SMARTS) is 1. The maximum Gasteiger partial charge on any atom is 0.339 e. The molecule has 9 heteroatoms. The Hall–Kier alpha value is -3.59. The standard InChI is InChI=1S/C21H18N2O6S/c1-3-23-18(25)17(10-12-4-6-13(7-5-12)20(28)29-2)30-21(23)22-14-8-9-15(19(26)27)16(24)11-14/h4-11,24H,3H2,1-2H3,(H,26,27)/b17-10-,22-21?. The third-order valence-corrected chi connectivity index (χ3v) is 5.28. The highest BCUT2D eigenvalue weighted by molar-refractivity contribution is 8.18. The number of aromatic hydroxyl groups is 1. The number of hydrogen-bond donors (Lipinski definition) is 2. The fraction of sp³-hybridized carbons (Fsp3) is 0.143. The van der Waals surface area contributed by atoms with Crippen LogP contribution in [0.4, 0.5) is 5.69 Å². The zero-order valence-corrected chi connectivity index (χ0v) is 17.0. The first-order valence-corrected chi connectivity index (χ1v) is 9.70. The number of likely N-dealkylation sites (N-methyl/N-ethyl adjacent to an activating group) is 1. The van der Waals surface area contributed by atoms with Crippen LogP contribution in [-0.4, -0.2) is 51.8 Å². The van der Waals surface area contributed by atoms with Crippen molar-refractivity contribution in [2.75, 3.05) is 13.7 Å². The molecule has 2 N–H and O–H groups in total. The van der Waals surface area contributed by atoms with Crippen molar-refractivity contribution in [3.05, 3.63) is 64.1 Å². The Kier molecular flexibility index (Phi) is 6.22. The molecule has 0 bridgehead atoms. The third-order valence-electron chi connectivity index (χ3n) is 4.27. The van der Waals surface area contributed by atoms with E-state index in [-0.39, 0.29) is 11.5 Å². The van der Waals surface area contributed by atoms with Crippen molar-refractivity contribution in [2.24, 2.45) is 4.99 Å². The van der Waals surface area contributed by atoms with Gasteiger partial charge in [0.1, 0.15) is 11.3 Å². The Morgan fingerprint density at radius 1 is 1.20 bits per heavy atom. The van der Waals surface area contributed by atoms with Gasteiger partial charge in [-0.05, 0) is 54.6 Å². The summed E-state index contributed by atoms with van der Waals surface area (Å²) in [7, 11) is 1.31. The van der Waals surface area contributed by atoms with E-state index in [1.165, 1.54) is 42.0 Å². The lowest BCUT2D eigenvalue weighted by molar-refractivity contribution is -0.122. The fourth-order valence-electron chi connectivity index (χ4n) is 2.74. The smallest absolute Gasteiger partial charge is 0.339 e. The summed E-state index contributed by atoms with van der Waals surface area (Å²) in [6, 6.07) is 10.6. The number of carbonyl (C=O) groups excluding carboxylic acids is 2. The van der Waals surface area contributed by atoms with E-state index in [0.29, 0.717) is 27.9 Å². The first kappa shape index (κ1) is 21.1. The van der Waals surface area contributed by atoms with Crippen molar-refractivity contribution in [3.8, 4) is 5.75 Å². The number of carbonyl (C=O) groups is 3. The molecule has 0 unspecified atom stereocenters. The Bertz CT molecular complexity index is 1080. The normalized spacial score (nSPS) is 16.3. The highest BCUT2D eigenvalue weighted by atomic mass is 32.2. The van der Waals surface area contributed by atoms with Crippen molar-refractivity contribution in [2.45, 2.75) is 6.92 Å². The molecule has 1 fully saturated rings. The number of rotatable bonds is 5. The maximum absolute atomic E-state index is 12.7. The van der Waals surface area contributed by atoms with Gasteiger partial charge in [0.2, 0.25) is 0 Å². The summed E-state index contributed by atoms with van der Waals surface area (Å²) in [5.74, 6) is -2.30. The number of benzene rings is 2. The predicted molar refractivity (Wildman–Crippen MR) is 113 cm³/mol. The summed E-state index contributed by atoms with van der Waals surface area (Å²) in [4.78, 5) is 41.6. The maximum atomic E-state index is 12.7. The van der Waals surface area contributed by atoms with E-state index in [4.69, 9.17) is 5.11 Å². The SMILES string of the molecule is CCN1C(=O)/C(=C/c2ccc(C(=O)OC)cc2)SC1=Nc1ccc(C(=O)O)c(O)c1. The first-order chi connectivity index (χ1) is 14.3. The van der Waals surface area contributed by atoms with Crippen molar-refractivity contribution in [1.29, 1.82) is 0 Å².